The molecule has 0 saturated carbocycles. The highest BCUT2D eigenvalue weighted by Crippen LogP contribution is 2.19. The minimum atomic E-state index is -3.38. The first-order valence-corrected chi connectivity index (χ1v) is 6.20. The van der Waals surface area contributed by atoms with Crippen LogP contribution in [-0.2, 0) is 10.0 Å². The van der Waals surface area contributed by atoms with Gasteiger partial charge in [0.1, 0.15) is 4.90 Å². The highest BCUT2D eigenvalue weighted by atomic mass is 32.2. The van der Waals surface area contributed by atoms with E-state index in [2.05, 4.69) is 4.98 Å². The number of rotatable bonds is 2. The van der Waals surface area contributed by atoms with Gasteiger partial charge in [-0.15, -0.1) is 0 Å². The predicted octanol–water partition coefficient (Wildman–Crippen LogP) is -0.197. The van der Waals surface area contributed by atoms with E-state index < -0.39 is 10.0 Å². The molecule has 2 heterocycles. The molecule has 1 fully saturated rings. The normalized spacial score (nSPS) is 23.1. The molecule has 5 nitrogen and oxygen atoms in total. The smallest absolute Gasteiger partial charge is 0.244 e. The maximum absolute atomic E-state index is 12.0. The van der Waals surface area contributed by atoms with Crippen LogP contribution >= 0.6 is 0 Å². The number of nitrogens with two attached hydrogens (primary N) is 1. The van der Waals surface area contributed by atoms with E-state index in [9.17, 15) is 8.42 Å². The van der Waals surface area contributed by atoms with E-state index in [0.717, 1.165) is 6.42 Å². The number of hydrogen-bond donors (Lipinski definition) is 1. The topological polar surface area (TPSA) is 76.3 Å². The van der Waals surface area contributed by atoms with Gasteiger partial charge in [0.05, 0.1) is 0 Å². The standard InChI is InChI=1S/C9H13N3O2S/c10-8-3-5-12(7-8)15(13,14)9-2-1-4-11-6-9/h1-2,4,6,8H,3,5,7,10H2/t8-/m0/s1. The van der Waals surface area contributed by atoms with Crippen molar-refractivity contribution in [3.8, 4) is 0 Å². The highest BCUT2D eigenvalue weighted by molar-refractivity contribution is 7.89. The molecule has 0 bridgehead atoms. The molecule has 1 aromatic rings. The summed E-state index contributed by atoms with van der Waals surface area (Å²) in [6.07, 6.45) is 3.63. The lowest BCUT2D eigenvalue weighted by atomic mass is 10.3. The van der Waals surface area contributed by atoms with Crippen LogP contribution in [0.5, 0.6) is 0 Å². The molecule has 1 atom stereocenters. The lowest BCUT2D eigenvalue weighted by Crippen LogP contribution is -2.31. The lowest BCUT2D eigenvalue weighted by molar-refractivity contribution is 0.472. The predicted molar refractivity (Wildman–Crippen MR) is 55.6 cm³/mol. The average Bonchev–Trinajstić information content (AvgIpc) is 2.67. The molecule has 1 saturated heterocycles. The summed E-state index contributed by atoms with van der Waals surface area (Å²) >= 11 is 0. The fourth-order valence-electron chi connectivity index (χ4n) is 1.62. The summed E-state index contributed by atoms with van der Waals surface area (Å²) in [6.45, 7) is 0.898. The van der Waals surface area contributed by atoms with Crippen molar-refractivity contribution in [1.29, 1.82) is 0 Å². The molecule has 82 valence electrons. The van der Waals surface area contributed by atoms with Gasteiger partial charge in [-0.25, -0.2) is 8.42 Å². The van der Waals surface area contributed by atoms with E-state index in [1.165, 1.54) is 10.5 Å². The zero-order valence-electron chi connectivity index (χ0n) is 8.20. The number of sulfonamides is 1. The fourth-order valence-corrected chi connectivity index (χ4v) is 3.10. The van der Waals surface area contributed by atoms with Gasteiger partial charge in [-0.05, 0) is 18.6 Å². The Kier molecular flexibility index (Phi) is 2.72. The van der Waals surface area contributed by atoms with Gasteiger partial charge in [0.25, 0.3) is 0 Å². The second kappa shape index (κ2) is 3.88. The maximum Gasteiger partial charge on any atom is 0.244 e. The van der Waals surface area contributed by atoms with E-state index in [-0.39, 0.29) is 10.9 Å². The van der Waals surface area contributed by atoms with E-state index >= 15 is 0 Å². The summed E-state index contributed by atoms with van der Waals surface area (Å²) in [7, 11) is -3.38. The Hall–Kier alpha value is -0.980. The van der Waals surface area contributed by atoms with Crippen LogP contribution in [0.1, 0.15) is 6.42 Å². The molecule has 1 aromatic heterocycles. The number of hydrogen-bond acceptors (Lipinski definition) is 4. The molecular weight excluding hydrogens is 214 g/mol. The molecule has 0 aliphatic carbocycles. The van der Waals surface area contributed by atoms with Crippen LogP contribution in [0.3, 0.4) is 0 Å². The lowest BCUT2D eigenvalue weighted by Gasteiger charge is -2.15. The first kappa shape index (κ1) is 10.5. The SMILES string of the molecule is N[C@H]1CCN(S(=O)(=O)c2cccnc2)C1. The largest absolute Gasteiger partial charge is 0.326 e. The van der Waals surface area contributed by atoms with Crippen molar-refractivity contribution in [2.45, 2.75) is 17.4 Å². The Labute approximate surface area is 89.0 Å². The molecule has 0 aromatic carbocycles. The molecule has 2 N–H and O–H groups in total. The van der Waals surface area contributed by atoms with Gasteiger partial charge in [0, 0.05) is 31.5 Å². The number of aromatic nitrogens is 1. The summed E-state index contributed by atoms with van der Waals surface area (Å²) in [5.41, 5.74) is 5.68. The average molecular weight is 227 g/mol. The number of pyridine rings is 1. The Morgan fingerprint density at radius 3 is 2.87 bits per heavy atom. The van der Waals surface area contributed by atoms with Crippen LogP contribution in [0.2, 0.25) is 0 Å². The second-order valence-corrected chi connectivity index (χ2v) is 5.54. The van der Waals surface area contributed by atoms with Crippen molar-refractivity contribution >= 4 is 10.0 Å². The second-order valence-electron chi connectivity index (χ2n) is 3.60. The summed E-state index contributed by atoms with van der Waals surface area (Å²) in [5, 5.41) is 0. The maximum atomic E-state index is 12.0. The Bertz CT molecular complexity index is 432. The number of nitrogens with zero attached hydrogens (tertiary/aromatic N) is 2. The molecule has 2 rings (SSSR count). The molecule has 15 heavy (non-hydrogen) atoms. The fraction of sp³-hybridized carbons (Fsp3) is 0.444. The minimum absolute atomic E-state index is 0.0450. The zero-order chi connectivity index (χ0) is 10.9. The van der Waals surface area contributed by atoms with Crippen molar-refractivity contribution in [3.05, 3.63) is 24.5 Å². The van der Waals surface area contributed by atoms with Gasteiger partial charge in [0.2, 0.25) is 10.0 Å². The van der Waals surface area contributed by atoms with Gasteiger partial charge >= 0.3 is 0 Å². The van der Waals surface area contributed by atoms with Crippen LogP contribution in [-0.4, -0.2) is 36.8 Å². The van der Waals surface area contributed by atoms with Crippen molar-refractivity contribution in [3.63, 3.8) is 0 Å². The summed E-state index contributed by atoms with van der Waals surface area (Å²) in [6, 6.07) is 3.12. The monoisotopic (exact) mass is 227 g/mol. The third kappa shape index (κ3) is 2.01. The Morgan fingerprint density at radius 2 is 2.33 bits per heavy atom. The van der Waals surface area contributed by atoms with Crippen LogP contribution in [0.25, 0.3) is 0 Å². The van der Waals surface area contributed by atoms with Crippen LogP contribution in [0.15, 0.2) is 29.4 Å². The van der Waals surface area contributed by atoms with E-state index in [1.807, 2.05) is 0 Å². The van der Waals surface area contributed by atoms with Crippen LogP contribution in [0, 0.1) is 0 Å². The van der Waals surface area contributed by atoms with Gasteiger partial charge in [-0.3, -0.25) is 4.98 Å². The Balaban J connectivity index is 2.28. The van der Waals surface area contributed by atoms with Gasteiger partial charge in [-0.2, -0.15) is 4.31 Å². The molecule has 1 aliphatic heterocycles. The zero-order valence-corrected chi connectivity index (χ0v) is 9.02. The molecule has 6 heteroatoms. The molecule has 0 spiro atoms. The highest BCUT2D eigenvalue weighted by Gasteiger charge is 2.30. The molecule has 0 amide bonds. The van der Waals surface area contributed by atoms with Crippen molar-refractivity contribution in [2.24, 2.45) is 5.73 Å². The van der Waals surface area contributed by atoms with Crippen molar-refractivity contribution < 1.29 is 8.42 Å². The summed E-state index contributed by atoms with van der Waals surface area (Å²) in [5.74, 6) is 0. The van der Waals surface area contributed by atoms with Gasteiger partial charge < -0.3 is 5.73 Å². The molecule has 1 aliphatic rings. The van der Waals surface area contributed by atoms with Gasteiger partial charge in [0.15, 0.2) is 0 Å². The molecule has 0 radical (unpaired) electrons. The first-order valence-electron chi connectivity index (χ1n) is 4.76. The van der Waals surface area contributed by atoms with Crippen molar-refractivity contribution in [2.75, 3.05) is 13.1 Å². The van der Waals surface area contributed by atoms with Crippen LogP contribution in [0.4, 0.5) is 0 Å². The molecular formula is C9H13N3O2S. The third-order valence-corrected chi connectivity index (χ3v) is 4.31. The molecule has 0 unspecified atom stereocenters. The minimum Gasteiger partial charge on any atom is -0.326 e. The van der Waals surface area contributed by atoms with E-state index in [4.69, 9.17) is 5.73 Å². The van der Waals surface area contributed by atoms with E-state index in [0.29, 0.717) is 13.1 Å². The third-order valence-electron chi connectivity index (χ3n) is 2.46. The summed E-state index contributed by atoms with van der Waals surface area (Å²) < 4.78 is 25.4. The Morgan fingerprint density at radius 1 is 1.53 bits per heavy atom. The van der Waals surface area contributed by atoms with Gasteiger partial charge in [-0.1, -0.05) is 0 Å². The first-order chi connectivity index (χ1) is 7.10. The van der Waals surface area contributed by atoms with Crippen molar-refractivity contribution in [1.82, 2.24) is 9.29 Å². The summed E-state index contributed by atoms with van der Waals surface area (Å²) in [4.78, 5) is 4.04. The van der Waals surface area contributed by atoms with E-state index in [1.54, 1.807) is 18.3 Å². The quantitative estimate of drug-likeness (QED) is 0.759. The van der Waals surface area contributed by atoms with Crippen LogP contribution < -0.4 is 5.73 Å².